The second kappa shape index (κ2) is 13.3. The summed E-state index contributed by atoms with van der Waals surface area (Å²) in [6, 6.07) is 13.9. The Hall–Kier alpha value is -2.37. The molecule has 0 spiro atoms. The number of imidazole rings is 1. The van der Waals surface area contributed by atoms with E-state index in [0.29, 0.717) is 5.02 Å². The van der Waals surface area contributed by atoms with Gasteiger partial charge in [0.2, 0.25) is 0 Å². The van der Waals surface area contributed by atoms with Gasteiger partial charge in [0.1, 0.15) is 5.82 Å². The van der Waals surface area contributed by atoms with Gasteiger partial charge in [-0.25, -0.2) is 4.98 Å². The SMILES string of the molecule is CCCCN(CCCC)C(=O)c1ccc2nc(-c3cccc(Cl)c3)n(CCCN3CCCCC3)c2c1. The molecule has 1 aliphatic heterocycles. The van der Waals surface area contributed by atoms with Crippen LogP contribution in [0.25, 0.3) is 22.4 Å². The lowest BCUT2D eigenvalue weighted by molar-refractivity contribution is 0.0751. The Bertz CT molecular complexity index is 1130. The van der Waals surface area contributed by atoms with Crippen LogP contribution >= 0.6 is 11.6 Å². The highest BCUT2D eigenvalue weighted by Gasteiger charge is 2.19. The fourth-order valence-electron chi connectivity index (χ4n) is 5.16. The van der Waals surface area contributed by atoms with Crippen LogP contribution in [-0.2, 0) is 6.54 Å². The lowest BCUT2D eigenvalue weighted by atomic mass is 10.1. The maximum absolute atomic E-state index is 13.5. The van der Waals surface area contributed by atoms with E-state index in [4.69, 9.17) is 16.6 Å². The maximum Gasteiger partial charge on any atom is 0.253 e. The van der Waals surface area contributed by atoms with Crippen molar-refractivity contribution in [2.24, 2.45) is 0 Å². The predicted octanol–water partition coefficient (Wildman–Crippen LogP) is 7.28. The predicted molar refractivity (Wildman–Crippen MR) is 151 cm³/mol. The Morgan fingerprint density at radius 1 is 0.944 bits per heavy atom. The highest BCUT2D eigenvalue weighted by Crippen LogP contribution is 2.28. The molecule has 4 rings (SSSR count). The molecule has 194 valence electrons. The van der Waals surface area contributed by atoms with Gasteiger partial charge in [-0.3, -0.25) is 4.79 Å². The molecule has 1 amide bonds. The molecule has 2 aromatic carbocycles. The van der Waals surface area contributed by atoms with Gasteiger partial charge in [-0.2, -0.15) is 0 Å². The number of halogens is 1. The van der Waals surface area contributed by atoms with Gasteiger partial charge < -0.3 is 14.4 Å². The molecular formula is C30H41ClN4O. The molecule has 5 nitrogen and oxygen atoms in total. The third-order valence-corrected chi connectivity index (χ3v) is 7.47. The van der Waals surface area contributed by atoms with Crippen LogP contribution in [0, 0.1) is 0 Å². The summed E-state index contributed by atoms with van der Waals surface area (Å²) < 4.78 is 2.30. The van der Waals surface area contributed by atoms with Crippen molar-refractivity contribution in [1.82, 2.24) is 19.4 Å². The van der Waals surface area contributed by atoms with Gasteiger partial charge >= 0.3 is 0 Å². The molecule has 6 heteroatoms. The number of amides is 1. The molecule has 3 aromatic rings. The number of rotatable bonds is 12. The lowest BCUT2D eigenvalue weighted by Gasteiger charge is -2.26. The van der Waals surface area contributed by atoms with Crippen LogP contribution in [0.5, 0.6) is 0 Å². The van der Waals surface area contributed by atoms with Crippen molar-refractivity contribution in [1.29, 1.82) is 0 Å². The van der Waals surface area contributed by atoms with E-state index < -0.39 is 0 Å². The van der Waals surface area contributed by atoms with E-state index in [0.717, 1.165) is 86.3 Å². The normalized spacial score (nSPS) is 14.4. The second-order valence-corrected chi connectivity index (χ2v) is 10.5. The maximum atomic E-state index is 13.5. The number of hydrogen-bond donors (Lipinski definition) is 0. The fourth-order valence-corrected chi connectivity index (χ4v) is 5.35. The van der Waals surface area contributed by atoms with Gasteiger partial charge in [-0.15, -0.1) is 0 Å². The van der Waals surface area contributed by atoms with Gasteiger partial charge in [0.05, 0.1) is 11.0 Å². The Labute approximate surface area is 221 Å². The monoisotopic (exact) mass is 508 g/mol. The number of carbonyl (C=O) groups is 1. The molecule has 0 bridgehead atoms. The highest BCUT2D eigenvalue weighted by atomic mass is 35.5. The average Bonchev–Trinajstić information content (AvgIpc) is 3.27. The quantitative estimate of drug-likeness (QED) is 0.258. The molecule has 1 aliphatic rings. The van der Waals surface area contributed by atoms with E-state index >= 15 is 0 Å². The van der Waals surface area contributed by atoms with E-state index in [9.17, 15) is 4.79 Å². The summed E-state index contributed by atoms with van der Waals surface area (Å²) in [6.45, 7) is 10.3. The zero-order valence-electron chi connectivity index (χ0n) is 22.0. The lowest BCUT2D eigenvalue weighted by Crippen LogP contribution is -2.33. The zero-order valence-corrected chi connectivity index (χ0v) is 22.8. The smallest absolute Gasteiger partial charge is 0.253 e. The van der Waals surface area contributed by atoms with E-state index in [1.165, 1.54) is 32.4 Å². The van der Waals surface area contributed by atoms with Gasteiger partial charge in [-0.1, -0.05) is 56.8 Å². The van der Waals surface area contributed by atoms with Crippen LogP contribution < -0.4 is 0 Å². The number of aromatic nitrogens is 2. The van der Waals surface area contributed by atoms with Crippen LogP contribution in [0.3, 0.4) is 0 Å². The molecule has 2 heterocycles. The number of fused-ring (bicyclic) bond motifs is 1. The van der Waals surface area contributed by atoms with E-state index in [2.05, 4.69) is 35.4 Å². The first-order valence-corrected chi connectivity index (χ1v) is 14.3. The molecule has 1 fully saturated rings. The molecule has 1 saturated heterocycles. The molecule has 0 atom stereocenters. The Morgan fingerprint density at radius 2 is 1.69 bits per heavy atom. The Balaban J connectivity index is 1.65. The Morgan fingerprint density at radius 3 is 2.39 bits per heavy atom. The topological polar surface area (TPSA) is 41.4 Å². The minimum atomic E-state index is 0.129. The van der Waals surface area contributed by atoms with Crippen LogP contribution in [0.2, 0.25) is 5.02 Å². The third kappa shape index (κ3) is 6.68. The van der Waals surface area contributed by atoms with E-state index in [1.54, 1.807) is 0 Å². The summed E-state index contributed by atoms with van der Waals surface area (Å²) in [4.78, 5) is 23.1. The Kier molecular flexibility index (Phi) is 9.82. The number of benzene rings is 2. The summed E-state index contributed by atoms with van der Waals surface area (Å²) in [5.74, 6) is 1.05. The standard InChI is InChI=1S/C30H41ClN4O/c1-3-5-19-34(20-6-4-2)30(36)25-14-15-27-28(23-25)35(21-11-18-33-16-8-7-9-17-33)29(32-27)24-12-10-13-26(31)22-24/h10,12-15,22-23H,3-9,11,16-21H2,1-2H3. The van der Waals surface area contributed by atoms with Crippen LogP contribution in [0.4, 0.5) is 0 Å². The number of unbranched alkanes of at least 4 members (excludes halogenated alkanes) is 2. The second-order valence-electron chi connectivity index (χ2n) is 10.1. The number of aryl methyl sites for hydroxylation is 1. The number of carbonyl (C=O) groups excluding carboxylic acids is 1. The highest BCUT2D eigenvalue weighted by molar-refractivity contribution is 6.30. The molecule has 1 aromatic heterocycles. The first-order chi connectivity index (χ1) is 17.6. The minimum Gasteiger partial charge on any atom is -0.339 e. The van der Waals surface area contributed by atoms with Crippen LogP contribution in [0.1, 0.15) is 75.6 Å². The van der Waals surface area contributed by atoms with Crippen LogP contribution in [0.15, 0.2) is 42.5 Å². The summed E-state index contributed by atoms with van der Waals surface area (Å²) in [7, 11) is 0. The summed E-state index contributed by atoms with van der Waals surface area (Å²) in [5.41, 5.74) is 3.72. The van der Waals surface area contributed by atoms with Crippen molar-refractivity contribution in [2.75, 3.05) is 32.7 Å². The van der Waals surface area contributed by atoms with E-state index in [1.807, 2.05) is 35.2 Å². The van der Waals surface area contributed by atoms with Crippen molar-refractivity contribution >= 4 is 28.5 Å². The average molecular weight is 509 g/mol. The van der Waals surface area contributed by atoms with E-state index in [-0.39, 0.29) is 5.91 Å². The van der Waals surface area contributed by atoms with Crippen molar-refractivity contribution in [3.8, 4) is 11.4 Å². The van der Waals surface area contributed by atoms with Gasteiger partial charge in [-0.05, 0) is 82.1 Å². The van der Waals surface area contributed by atoms with Gasteiger partial charge in [0.15, 0.2) is 0 Å². The van der Waals surface area contributed by atoms with Crippen molar-refractivity contribution < 1.29 is 4.79 Å². The number of nitrogens with zero attached hydrogens (tertiary/aromatic N) is 4. The first-order valence-electron chi connectivity index (χ1n) is 13.9. The molecular weight excluding hydrogens is 468 g/mol. The number of hydrogen-bond acceptors (Lipinski definition) is 3. The van der Waals surface area contributed by atoms with Crippen LogP contribution in [-0.4, -0.2) is 58.0 Å². The zero-order chi connectivity index (χ0) is 25.3. The van der Waals surface area contributed by atoms with Crippen molar-refractivity contribution in [3.63, 3.8) is 0 Å². The molecule has 0 aliphatic carbocycles. The molecule has 0 radical (unpaired) electrons. The summed E-state index contributed by atoms with van der Waals surface area (Å²) in [6.07, 6.45) is 9.25. The summed E-state index contributed by atoms with van der Waals surface area (Å²) in [5, 5.41) is 0.706. The molecule has 36 heavy (non-hydrogen) atoms. The number of likely N-dealkylation sites (tertiary alicyclic amines) is 1. The molecule has 0 N–H and O–H groups in total. The molecule has 0 unspecified atom stereocenters. The van der Waals surface area contributed by atoms with Gasteiger partial charge in [0, 0.05) is 35.8 Å². The fraction of sp³-hybridized carbons (Fsp3) is 0.533. The van der Waals surface area contributed by atoms with Crippen molar-refractivity contribution in [3.05, 3.63) is 53.1 Å². The molecule has 0 saturated carbocycles. The number of piperidine rings is 1. The van der Waals surface area contributed by atoms with Gasteiger partial charge in [0.25, 0.3) is 5.91 Å². The van der Waals surface area contributed by atoms with Crippen molar-refractivity contribution in [2.45, 2.75) is 71.8 Å². The largest absolute Gasteiger partial charge is 0.339 e. The first kappa shape index (κ1) is 26.7. The third-order valence-electron chi connectivity index (χ3n) is 7.23. The minimum absolute atomic E-state index is 0.129. The summed E-state index contributed by atoms with van der Waals surface area (Å²) >= 11 is 6.34.